The van der Waals surface area contributed by atoms with Crippen molar-refractivity contribution in [1.82, 2.24) is 0 Å². The third-order valence-electron chi connectivity index (χ3n) is 5.26. The first-order chi connectivity index (χ1) is 18.2. The van der Waals surface area contributed by atoms with Crippen LogP contribution in [0.1, 0.15) is 13.8 Å². The number of phenolic OH excluding ortho intramolecular Hbond substituents is 1. The highest BCUT2D eigenvalue weighted by atomic mass is 32.2. The second-order valence-electron chi connectivity index (χ2n) is 8.76. The van der Waals surface area contributed by atoms with E-state index in [1.54, 1.807) is 30.3 Å². The molecule has 0 aliphatic heterocycles. The lowest BCUT2D eigenvalue weighted by Gasteiger charge is -2.17. The van der Waals surface area contributed by atoms with E-state index in [1.165, 1.54) is 32.4 Å². The highest BCUT2D eigenvalue weighted by Crippen LogP contribution is 2.44. The number of rotatable bonds is 11. The number of allylic oxidation sites excluding steroid dienone is 1. The summed E-state index contributed by atoms with van der Waals surface area (Å²) < 4.78 is 74.2. The predicted molar refractivity (Wildman–Crippen MR) is 148 cm³/mol. The Bertz CT molecular complexity index is 1600. The van der Waals surface area contributed by atoms with E-state index in [2.05, 4.69) is 0 Å². The minimum absolute atomic E-state index is 0.00310. The molecule has 0 spiro atoms. The molecule has 10 nitrogen and oxygen atoms in total. The predicted octanol–water partition coefficient (Wildman–Crippen LogP) is 4.77. The first-order valence-electron chi connectivity index (χ1n) is 11.5. The molecule has 0 bridgehead atoms. The second-order valence-corrected chi connectivity index (χ2v) is 11.9. The molecule has 3 aromatic rings. The maximum absolute atomic E-state index is 11.9. The third kappa shape index (κ3) is 8.04. The molecule has 0 aliphatic carbocycles. The number of methoxy groups -OCH3 is 2. The number of benzene rings is 3. The van der Waals surface area contributed by atoms with E-state index in [1.807, 2.05) is 19.9 Å². The molecular formula is C27H30O10S2. The van der Waals surface area contributed by atoms with Crippen molar-refractivity contribution < 1.29 is 44.5 Å². The normalized spacial score (nSPS) is 11.4. The van der Waals surface area contributed by atoms with E-state index < -0.39 is 20.2 Å². The van der Waals surface area contributed by atoms with E-state index in [0.717, 1.165) is 18.1 Å². The summed E-state index contributed by atoms with van der Waals surface area (Å²) in [5.41, 5.74) is 3.15. The van der Waals surface area contributed by atoms with Gasteiger partial charge in [0.15, 0.2) is 23.0 Å². The van der Waals surface area contributed by atoms with Gasteiger partial charge in [-0.15, -0.1) is 0 Å². The van der Waals surface area contributed by atoms with E-state index in [-0.39, 0.29) is 29.6 Å². The zero-order chi connectivity index (χ0) is 29.0. The van der Waals surface area contributed by atoms with E-state index in [0.29, 0.717) is 33.8 Å². The van der Waals surface area contributed by atoms with Crippen LogP contribution in [0.15, 0.2) is 60.2 Å². The summed E-state index contributed by atoms with van der Waals surface area (Å²) in [6, 6.07) is 12.4. The maximum Gasteiger partial charge on any atom is 0.306 e. The summed E-state index contributed by atoms with van der Waals surface area (Å²) in [7, 11) is -4.82. The van der Waals surface area contributed by atoms with Crippen LogP contribution < -0.4 is 22.6 Å². The molecule has 0 atom stereocenters. The maximum atomic E-state index is 11.9. The van der Waals surface area contributed by atoms with Gasteiger partial charge in [0.25, 0.3) is 0 Å². The number of aromatic hydroxyl groups is 1. The van der Waals surface area contributed by atoms with Crippen molar-refractivity contribution in [3.05, 3.63) is 60.2 Å². The fourth-order valence-corrected chi connectivity index (χ4v) is 4.50. The van der Waals surface area contributed by atoms with Crippen LogP contribution in [0.4, 0.5) is 0 Å². The van der Waals surface area contributed by atoms with Gasteiger partial charge in [-0.05, 0) is 67.4 Å². The standard InChI is InChI=1S/C27H30O10S2/c1-17(2)11-12-35-23-10-8-19(14-27(23)37-39(6,31)32)21-16-24(33-3)20(15-25(21)34-4)18-7-9-22(28)26(13-18)36-38(5,29)30/h7-11,13-16,28H,12H2,1-6H3. The van der Waals surface area contributed by atoms with Crippen molar-refractivity contribution in [3.8, 4) is 56.8 Å². The Morgan fingerprint density at radius 1 is 0.718 bits per heavy atom. The minimum Gasteiger partial charge on any atom is -0.504 e. The van der Waals surface area contributed by atoms with Crippen LogP contribution >= 0.6 is 0 Å². The molecule has 0 fully saturated rings. The summed E-state index contributed by atoms with van der Waals surface area (Å²) >= 11 is 0. The smallest absolute Gasteiger partial charge is 0.306 e. The topological polar surface area (TPSA) is 135 Å². The van der Waals surface area contributed by atoms with Gasteiger partial charge in [-0.3, -0.25) is 0 Å². The minimum atomic E-state index is -3.88. The number of phenols is 1. The van der Waals surface area contributed by atoms with Crippen LogP contribution in [0.5, 0.6) is 34.5 Å². The Balaban J connectivity index is 2.14. The first kappa shape index (κ1) is 29.7. The van der Waals surface area contributed by atoms with Crippen molar-refractivity contribution in [2.45, 2.75) is 13.8 Å². The summed E-state index contributed by atoms with van der Waals surface area (Å²) in [5.74, 6) is 0.433. The molecule has 0 radical (unpaired) electrons. The van der Waals surface area contributed by atoms with Gasteiger partial charge in [0.1, 0.15) is 18.1 Å². The zero-order valence-corrected chi connectivity index (χ0v) is 24.0. The van der Waals surface area contributed by atoms with Crippen LogP contribution in [0.25, 0.3) is 22.3 Å². The number of hydrogen-bond acceptors (Lipinski definition) is 10. The molecule has 0 saturated heterocycles. The molecule has 12 heteroatoms. The molecule has 1 N–H and O–H groups in total. The third-order valence-corrected chi connectivity index (χ3v) is 6.22. The second kappa shape index (κ2) is 11.9. The number of ether oxygens (including phenoxy) is 3. The fourth-order valence-electron chi connectivity index (χ4n) is 3.58. The Labute approximate surface area is 228 Å². The van der Waals surface area contributed by atoms with Crippen molar-refractivity contribution in [3.63, 3.8) is 0 Å². The zero-order valence-electron chi connectivity index (χ0n) is 22.3. The molecule has 0 unspecified atom stereocenters. The summed E-state index contributed by atoms with van der Waals surface area (Å²) in [6.07, 6.45) is 3.66. The quantitative estimate of drug-likeness (QED) is 0.250. The van der Waals surface area contributed by atoms with Crippen molar-refractivity contribution in [2.24, 2.45) is 0 Å². The lowest BCUT2D eigenvalue weighted by atomic mass is 9.97. The largest absolute Gasteiger partial charge is 0.504 e. The molecule has 0 amide bonds. The summed E-state index contributed by atoms with van der Waals surface area (Å²) in [4.78, 5) is 0. The van der Waals surface area contributed by atoms with Crippen molar-refractivity contribution in [2.75, 3.05) is 33.3 Å². The molecule has 0 aromatic heterocycles. The van der Waals surface area contributed by atoms with Gasteiger partial charge in [0.05, 0.1) is 26.7 Å². The lowest BCUT2D eigenvalue weighted by molar-refractivity contribution is 0.347. The van der Waals surface area contributed by atoms with Gasteiger partial charge in [0.2, 0.25) is 0 Å². The molecule has 210 valence electrons. The lowest BCUT2D eigenvalue weighted by Crippen LogP contribution is -2.08. The van der Waals surface area contributed by atoms with Crippen molar-refractivity contribution >= 4 is 20.2 Å². The van der Waals surface area contributed by atoms with Gasteiger partial charge >= 0.3 is 20.2 Å². The Morgan fingerprint density at radius 2 is 1.21 bits per heavy atom. The number of hydrogen-bond donors (Lipinski definition) is 1. The fraction of sp³-hybridized carbons (Fsp3) is 0.259. The molecular weight excluding hydrogens is 548 g/mol. The highest BCUT2D eigenvalue weighted by molar-refractivity contribution is 7.86. The van der Waals surface area contributed by atoms with Crippen molar-refractivity contribution in [1.29, 1.82) is 0 Å². The summed E-state index contributed by atoms with van der Waals surface area (Å²) in [5, 5.41) is 10.1. The van der Waals surface area contributed by atoms with Gasteiger partial charge < -0.3 is 27.7 Å². The Morgan fingerprint density at radius 3 is 1.69 bits per heavy atom. The first-order valence-corrected chi connectivity index (χ1v) is 15.1. The van der Waals surface area contributed by atoms with Crippen LogP contribution in [-0.2, 0) is 20.2 Å². The monoisotopic (exact) mass is 578 g/mol. The Kier molecular flexibility index (Phi) is 9.03. The Hall–Kier alpha value is -3.90. The molecule has 0 heterocycles. The van der Waals surface area contributed by atoms with Gasteiger partial charge in [-0.25, -0.2) is 0 Å². The summed E-state index contributed by atoms with van der Waals surface area (Å²) in [6.45, 7) is 4.06. The SMILES string of the molecule is COc1cc(-c2ccc(OCC=C(C)C)c(OS(C)(=O)=O)c2)c(OC)cc1-c1ccc(O)c(OS(C)(=O)=O)c1. The molecule has 39 heavy (non-hydrogen) atoms. The van der Waals surface area contributed by atoms with Gasteiger partial charge in [-0.2, -0.15) is 16.8 Å². The van der Waals surface area contributed by atoms with Crippen LogP contribution in [0, 0.1) is 0 Å². The molecule has 0 aliphatic rings. The van der Waals surface area contributed by atoms with Crippen LogP contribution in [-0.4, -0.2) is 55.3 Å². The van der Waals surface area contributed by atoms with Crippen LogP contribution in [0.2, 0.25) is 0 Å². The molecule has 3 aromatic carbocycles. The average molecular weight is 579 g/mol. The average Bonchev–Trinajstić information content (AvgIpc) is 2.83. The van der Waals surface area contributed by atoms with Crippen LogP contribution in [0.3, 0.4) is 0 Å². The van der Waals surface area contributed by atoms with Gasteiger partial charge in [0, 0.05) is 11.1 Å². The highest BCUT2D eigenvalue weighted by Gasteiger charge is 2.19. The molecule has 0 saturated carbocycles. The van der Waals surface area contributed by atoms with E-state index in [4.69, 9.17) is 22.6 Å². The van der Waals surface area contributed by atoms with Gasteiger partial charge in [-0.1, -0.05) is 17.7 Å². The van der Waals surface area contributed by atoms with E-state index in [9.17, 15) is 21.9 Å². The molecule has 3 rings (SSSR count). The van der Waals surface area contributed by atoms with E-state index >= 15 is 0 Å².